The lowest BCUT2D eigenvalue weighted by atomic mass is 10.1. The van der Waals surface area contributed by atoms with Crippen molar-refractivity contribution in [1.82, 2.24) is 4.57 Å². The van der Waals surface area contributed by atoms with Crippen molar-refractivity contribution in [3.63, 3.8) is 0 Å². The number of para-hydroxylation sites is 1. The highest BCUT2D eigenvalue weighted by molar-refractivity contribution is 5.98. The maximum Gasteiger partial charge on any atom is 0.204 e. The second-order valence-electron chi connectivity index (χ2n) is 6.74. The van der Waals surface area contributed by atoms with Crippen LogP contribution in [-0.2, 0) is 11.4 Å². The molecule has 0 spiro atoms. The molecule has 0 aliphatic carbocycles. The van der Waals surface area contributed by atoms with Gasteiger partial charge in [0.15, 0.2) is 12.4 Å². The number of aryl methyl sites for hydroxylation is 1. The predicted octanol–water partition coefficient (Wildman–Crippen LogP) is 3.70. The van der Waals surface area contributed by atoms with Gasteiger partial charge < -0.3 is 19.9 Å². The van der Waals surface area contributed by atoms with E-state index >= 15 is 0 Å². The summed E-state index contributed by atoms with van der Waals surface area (Å²) in [5.41, 5.74) is 9.52. The molecule has 1 aromatic heterocycles. The molecule has 0 aliphatic rings. The molecule has 0 fully saturated rings. The topological polar surface area (TPSA) is 78.8 Å². The van der Waals surface area contributed by atoms with E-state index < -0.39 is 0 Å². The summed E-state index contributed by atoms with van der Waals surface area (Å²) in [7, 11) is 0. The van der Waals surface area contributed by atoms with E-state index in [-0.39, 0.29) is 24.8 Å². The first-order chi connectivity index (χ1) is 14.0. The number of hydrogen-bond donors (Lipinski definition) is 1. The van der Waals surface area contributed by atoms with Crippen LogP contribution in [0, 0.1) is 13.8 Å². The number of amidine groups is 1. The lowest BCUT2D eigenvalue weighted by Gasteiger charge is -2.10. The number of rotatable bonds is 9. The average Bonchev–Trinajstić information content (AvgIpc) is 3.02. The van der Waals surface area contributed by atoms with Gasteiger partial charge in [-0.2, -0.15) is 0 Å². The van der Waals surface area contributed by atoms with Gasteiger partial charge in [-0.3, -0.25) is 4.79 Å². The number of oxime groups is 1. The number of carbonyl (C=O) groups excluding carboxylic acids is 1. The summed E-state index contributed by atoms with van der Waals surface area (Å²) < 4.78 is 7.60. The van der Waals surface area contributed by atoms with Crippen molar-refractivity contribution in [1.29, 1.82) is 0 Å². The van der Waals surface area contributed by atoms with Crippen LogP contribution in [0.15, 0.2) is 71.9 Å². The van der Waals surface area contributed by atoms with Crippen molar-refractivity contribution >= 4 is 11.6 Å². The number of ketones is 1. The summed E-state index contributed by atoms with van der Waals surface area (Å²) in [5, 5.41) is 3.77. The largest absolute Gasteiger partial charge is 0.486 e. The quantitative estimate of drug-likeness (QED) is 0.261. The molecular formula is C23H25N3O3. The molecule has 1 heterocycles. The number of benzene rings is 2. The van der Waals surface area contributed by atoms with Gasteiger partial charge in [0.2, 0.25) is 5.78 Å². The monoisotopic (exact) mass is 391 g/mol. The Balaban J connectivity index is 1.56. The van der Waals surface area contributed by atoms with Crippen LogP contribution in [0.5, 0.6) is 5.75 Å². The maximum atomic E-state index is 12.6. The Morgan fingerprint density at radius 1 is 1.00 bits per heavy atom. The summed E-state index contributed by atoms with van der Waals surface area (Å²) in [6, 6.07) is 21.3. The zero-order valence-corrected chi connectivity index (χ0v) is 16.7. The fourth-order valence-corrected chi connectivity index (χ4v) is 3.04. The Morgan fingerprint density at radius 3 is 2.34 bits per heavy atom. The minimum absolute atomic E-state index is 0.0871. The van der Waals surface area contributed by atoms with Crippen LogP contribution in [0.2, 0.25) is 0 Å². The van der Waals surface area contributed by atoms with E-state index in [0.29, 0.717) is 17.9 Å². The van der Waals surface area contributed by atoms with Gasteiger partial charge in [0.05, 0.1) is 0 Å². The normalized spacial score (nSPS) is 11.3. The number of ether oxygens (including phenoxy) is 1. The van der Waals surface area contributed by atoms with Crippen LogP contribution in [0.3, 0.4) is 0 Å². The van der Waals surface area contributed by atoms with E-state index in [1.165, 1.54) is 5.56 Å². The third kappa shape index (κ3) is 5.48. The van der Waals surface area contributed by atoms with E-state index in [9.17, 15) is 4.79 Å². The fourth-order valence-electron chi connectivity index (χ4n) is 3.04. The zero-order valence-electron chi connectivity index (χ0n) is 16.7. The minimum Gasteiger partial charge on any atom is -0.486 e. The van der Waals surface area contributed by atoms with E-state index in [1.54, 1.807) is 0 Å². The summed E-state index contributed by atoms with van der Waals surface area (Å²) >= 11 is 0. The highest BCUT2D eigenvalue weighted by Crippen LogP contribution is 2.18. The van der Waals surface area contributed by atoms with Gasteiger partial charge in [0.1, 0.15) is 12.4 Å². The molecule has 6 heteroatoms. The third-order valence-electron chi connectivity index (χ3n) is 4.56. The van der Waals surface area contributed by atoms with Gasteiger partial charge in [0.25, 0.3) is 0 Å². The van der Waals surface area contributed by atoms with Crippen LogP contribution in [0.4, 0.5) is 0 Å². The maximum absolute atomic E-state index is 12.6. The minimum atomic E-state index is -0.179. The highest BCUT2D eigenvalue weighted by atomic mass is 16.6. The molecule has 29 heavy (non-hydrogen) atoms. The molecule has 0 aliphatic heterocycles. The van der Waals surface area contributed by atoms with Crippen molar-refractivity contribution in [3.8, 4) is 5.75 Å². The second kappa shape index (κ2) is 9.59. The van der Waals surface area contributed by atoms with Crippen molar-refractivity contribution in [2.24, 2.45) is 10.9 Å². The Labute approximate surface area is 170 Å². The van der Waals surface area contributed by atoms with E-state index in [0.717, 1.165) is 11.4 Å². The summed E-state index contributed by atoms with van der Waals surface area (Å²) in [6.45, 7) is 4.55. The molecular weight excluding hydrogens is 366 g/mol. The molecule has 150 valence electrons. The van der Waals surface area contributed by atoms with Crippen molar-refractivity contribution < 1.29 is 14.4 Å². The van der Waals surface area contributed by atoms with E-state index in [4.69, 9.17) is 15.3 Å². The summed E-state index contributed by atoms with van der Waals surface area (Å²) in [4.78, 5) is 17.7. The first kappa shape index (κ1) is 20.2. The highest BCUT2D eigenvalue weighted by Gasteiger charge is 2.16. The van der Waals surface area contributed by atoms with Crippen LogP contribution in [-0.4, -0.2) is 29.4 Å². The van der Waals surface area contributed by atoms with Crippen LogP contribution >= 0.6 is 0 Å². The molecule has 0 saturated heterocycles. The smallest absolute Gasteiger partial charge is 0.204 e. The molecule has 3 aromatic rings. The van der Waals surface area contributed by atoms with Gasteiger partial charge in [-0.1, -0.05) is 53.7 Å². The standard InChI is InChI=1S/C23H25N3O3/c1-17-13-21(18(2)26(17)14-19-9-5-3-6-10-19)22(27)15-29-25-23(24)16-28-20-11-7-4-8-12-20/h3-13H,14-16H2,1-2H3,(H2,24,25). The van der Waals surface area contributed by atoms with E-state index in [2.05, 4.69) is 21.9 Å². The second-order valence-corrected chi connectivity index (χ2v) is 6.74. The Morgan fingerprint density at radius 2 is 1.66 bits per heavy atom. The first-order valence-corrected chi connectivity index (χ1v) is 9.40. The molecule has 0 bridgehead atoms. The number of Topliss-reactive ketones (excluding diaryl/α,β-unsaturated/α-hetero) is 1. The first-order valence-electron chi connectivity index (χ1n) is 9.40. The van der Waals surface area contributed by atoms with Gasteiger partial charge in [0, 0.05) is 23.5 Å². The number of nitrogens with two attached hydrogens (primary N) is 1. The molecule has 0 saturated carbocycles. The van der Waals surface area contributed by atoms with Crippen molar-refractivity contribution in [2.45, 2.75) is 20.4 Å². The molecule has 2 N–H and O–H groups in total. The van der Waals surface area contributed by atoms with Gasteiger partial charge in [-0.15, -0.1) is 0 Å². The SMILES string of the molecule is Cc1cc(C(=O)CO/N=C(\N)COc2ccccc2)c(C)n1Cc1ccccc1. The molecule has 6 nitrogen and oxygen atoms in total. The number of hydrogen-bond acceptors (Lipinski definition) is 4. The molecule has 0 atom stereocenters. The lowest BCUT2D eigenvalue weighted by molar-refractivity contribution is 0.0772. The molecule has 0 amide bonds. The van der Waals surface area contributed by atoms with Crippen molar-refractivity contribution in [2.75, 3.05) is 13.2 Å². The van der Waals surface area contributed by atoms with E-state index in [1.807, 2.05) is 68.4 Å². The Hall–Kier alpha value is -3.54. The number of aromatic nitrogens is 1. The van der Waals surface area contributed by atoms with Gasteiger partial charge >= 0.3 is 0 Å². The summed E-state index contributed by atoms with van der Waals surface area (Å²) in [6.07, 6.45) is 0. The number of nitrogens with zero attached hydrogens (tertiary/aromatic N) is 2. The van der Waals surface area contributed by atoms with Gasteiger partial charge in [-0.05, 0) is 37.6 Å². The zero-order chi connectivity index (χ0) is 20.6. The fraction of sp³-hybridized carbons (Fsp3) is 0.217. The van der Waals surface area contributed by atoms with Gasteiger partial charge in [-0.25, -0.2) is 0 Å². The third-order valence-corrected chi connectivity index (χ3v) is 4.56. The lowest BCUT2D eigenvalue weighted by Crippen LogP contribution is -2.22. The molecule has 2 aromatic carbocycles. The van der Waals surface area contributed by atoms with Crippen LogP contribution < -0.4 is 10.5 Å². The Bertz CT molecular complexity index is 979. The molecule has 0 radical (unpaired) electrons. The van der Waals surface area contributed by atoms with Crippen LogP contribution in [0.25, 0.3) is 0 Å². The van der Waals surface area contributed by atoms with Crippen molar-refractivity contribution in [3.05, 3.63) is 89.2 Å². The summed E-state index contributed by atoms with van der Waals surface area (Å²) in [5.74, 6) is 0.710. The molecule has 0 unspecified atom stereocenters. The Kier molecular flexibility index (Phi) is 6.68. The average molecular weight is 391 g/mol. The number of carbonyl (C=O) groups is 1. The predicted molar refractivity (Wildman–Crippen MR) is 113 cm³/mol. The molecule has 3 rings (SSSR count). The van der Waals surface area contributed by atoms with Crippen LogP contribution in [0.1, 0.15) is 27.3 Å².